The molecule has 0 aliphatic carbocycles. The van der Waals surface area contributed by atoms with Gasteiger partial charge in [-0.25, -0.2) is 4.79 Å². The standard InChI is InChI=1S/C32H23ClN4O3/c1-2-40-32(39)24-9-6-10-27(19-24)37(26-17-15-25(33)16-18-26)20-34-28-30(37)35-29(36-31(28)38)23-13-11-22(12-14-23)21-7-4-3-5-8-21/h3-20H,2H2,1H3/p+1. The fourth-order valence-corrected chi connectivity index (χ4v) is 5.00. The number of aromatic nitrogens is 2. The number of halogens is 1. The molecule has 8 heteroatoms. The van der Waals surface area contributed by atoms with Gasteiger partial charge in [0.1, 0.15) is 11.5 Å². The molecular weight excluding hydrogens is 524 g/mol. The quantitative estimate of drug-likeness (QED) is 0.175. The van der Waals surface area contributed by atoms with Crippen LogP contribution < -0.4 is 10.0 Å². The molecule has 0 amide bonds. The third-order valence-electron chi connectivity index (χ3n) is 6.83. The van der Waals surface area contributed by atoms with E-state index in [4.69, 9.17) is 21.3 Å². The van der Waals surface area contributed by atoms with Gasteiger partial charge < -0.3 is 9.72 Å². The van der Waals surface area contributed by atoms with E-state index in [-0.39, 0.29) is 22.3 Å². The fourth-order valence-electron chi connectivity index (χ4n) is 4.87. The van der Waals surface area contributed by atoms with Crippen LogP contribution in [0.3, 0.4) is 0 Å². The van der Waals surface area contributed by atoms with Gasteiger partial charge >= 0.3 is 5.97 Å². The number of hydrogen-bond acceptors (Lipinski definition) is 5. The summed E-state index contributed by atoms with van der Waals surface area (Å²) >= 11 is 6.23. The highest BCUT2D eigenvalue weighted by Gasteiger charge is 2.45. The number of nitrogens with zero attached hydrogens (tertiary/aromatic N) is 3. The lowest BCUT2D eigenvalue weighted by atomic mass is 10.0. The number of ether oxygens (including phenoxy) is 1. The molecular formula is C32H24ClN4O3+. The van der Waals surface area contributed by atoms with Crippen LogP contribution in [0.1, 0.15) is 17.3 Å². The molecule has 0 radical (unpaired) electrons. The minimum atomic E-state index is -0.437. The van der Waals surface area contributed by atoms with Crippen LogP contribution in [-0.2, 0) is 4.74 Å². The topological polar surface area (TPSA) is 84.4 Å². The molecule has 0 saturated heterocycles. The predicted molar refractivity (Wildman–Crippen MR) is 159 cm³/mol. The molecule has 6 rings (SSSR count). The van der Waals surface area contributed by atoms with Crippen LogP contribution in [0, 0.1) is 0 Å². The molecule has 1 aliphatic heterocycles. The summed E-state index contributed by atoms with van der Waals surface area (Å²) in [5.74, 6) is 0.383. The number of fused-ring (bicyclic) bond motifs is 1. The summed E-state index contributed by atoms with van der Waals surface area (Å²) in [5.41, 5.74) is 4.53. The lowest BCUT2D eigenvalue weighted by Crippen LogP contribution is -2.36. The first-order chi connectivity index (χ1) is 19.5. The first kappa shape index (κ1) is 25.4. The summed E-state index contributed by atoms with van der Waals surface area (Å²) in [6, 6.07) is 32.3. The normalized spacial score (nSPS) is 15.6. The molecule has 0 fully saturated rings. The van der Waals surface area contributed by atoms with E-state index in [2.05, 4.69) is 9.98 Å². The van der Waals surface area contributed by atoms with Crippen molar-refractivity contribution in [1.29, 1.82) is 0 Å². The zero-order valence-electron chi connectivity index (χ0n) is 21.5. The fraction of sp³-hybridized carbons (Fsp3) is 0.0625. The van der Waals surface area contributed by atoms with Crippen LogP contribution in [0.2, 0.25) is 5.02 Å². The Labute approximate surface area is 235 Å². The second kappa shape index (κ2) is 10.4. The average Bonchev–Trinajstić information content (AvgIpc) is 3.39. The molecule has 1 aromatic heterocycles. The number of aliphatic imine (C=N–C) groups is 1. The Balaban J connectivity index is 1.52. The van der Waals surface area contributed by atoms with Gasteiger partial charge in [0.2, 0.25) is 12.0 Å². The molecule has 1 atom stereocenters. The molecule has 196 valence electrons. The molecule has 5 aromatic rings. The second-order valence-electron chi connectivity index (χ2n) is 9.24. The van der Waals surface area contributed by atoms with Crippen molar-refractivity contribution in [2.45, 2.75) is 6.92 Å². The molecule has 2 heterocycles. The average molecular weight is 548 g/mol. The monoisotopic (exact) mass is 547 g/mol. The zero-order chi connectivity index (χ0) is 27.7. The van der Waals surface area contributed by atoms with Crippen molar-refractivity contribution in [3.8, 4) is 22.5 Å². The molecule has 0 bridgehead atoms. The number of quaternary nitrogens is 1. The second-order valence-corrected chi connectivity index (χ2v) is 9.68. The van der Waals surface area contributed by atoms with Gasteiger partial charge in [0.15, 0.2) is 5.69 Å². The first-order valence-electron chi connectivity index (χ1n) is 12.8. The predicted octanol–water partition coefficient (Wildman–Crippen LogP) is 7.58. The Morgan fingerprint density at radius 3 is 2.27 bits per heavy atom. The largest absolute Gasteiger partial charge is 0.462 e. The minimum Gasteiger partial charge on any atom is -0.462 e. The molecule has 0 spiro atoms. The minimum absolute atomic E-state index is 0.112. The van der Waals surface area contributed by atoms with Crippen LogP contribution in [0.5, 0.6) is 0 Å². The van der Waals surface area contributed by atoms with E-state index in [1.54, 1.807) is 43.6 Å². The summed E-state index contributed by atoms with van der Waals surface area (Å²) < 4.78 is 5.13. The summed E-state index contributed by atoms with van der Waals surface area (Å²) in [7, 11) is 0. The van der Waals surface area contributed by atoms with Crippen molar-refractivity contribution < 1.29 is 9.53 Å². The summed E-state index contributed by atoms with van der Waals surface area (Å²) in [6.07, 6.45) is 1.66. The van der Waals surface area contributed by atoms with Crippen LogP contribution in [0.4, 0.5) is 22.9 Å². The van der Waals surface area contributed by atoms with Gasteiger partial charge in [0.25, 0.3) is 11.4 Å². The summed E-state index contributed by atoms with van der Waals surface area (Å²) in [4.78, 5) is 38.3. The molecule has 7 nitrogen and oxygen atoms in total. The molecule has 0 saturated carbocycles. The summed E-state index contributed by atoms with van der Waals surface area (Å²) in [5, 5.41) is 0.566. The number of rotatable bonds is 6. The van der Waals surface area contributed by atoms with Crippen molar-refractivity contribution in [1.82, 2.24) is 14.5 Å². The molecule has 4 aromatic carbocycles. The van der Waals surface area contributed by atoms with Gasteiger partial charge in [-0.3, -0.25) is 4.79 Å². The van der Waals surface area contributed by atoms with Gasteiger partial charge in [-0.2, -0.15) is 14.5 Å². The third-order valence-corrected chi connectivity index (χ3v) is 7.09. The number of hydrogen-bond donors (Lipinski definition) is 1. The zero-order valence-corrected chi connectivity index (χ0v) is 22.3. The van der Waals surface area contributed by atoms with E-state index < -0.39 is 5.97 Å². The van der Waals surface area contributed by atoms with Gasteiger partial charge in [0, 0.05) is 34.9 Å². The lowest BCUT2D eigenvalue weighted by molar-refractivity contribution is 0.0526. The third kappa shape index (κ3) is 4.41. The van der Waals surface area contributed by atoms with E-state index in [0.29, 0.717) is 27.9 Å². The maximum Gasteiger partial charge on any atom is 0.338 e. The highest BCUT2D eigenvalue weighted by molar-refractivity contribution is 6.30. The van der Waals surface area contributed by atoms with E-state index in [1.807, 2.05) is 72.8 Å². The van der Waals surface area contributed by atoms with E-state index >= 15 is 0 Å². The van der Waals surface area contributed by atoms with E-state index in [0.717, 1.165) is 22.4 Å². The van der Waals surface area contributed by atoms with E-state index in [1.165, 1.54) is 0 Å². The SMILES string of the molecule is CCOC(=O)c1cccc([N+]2(c3ccc(Cl)cc3)C=Nc3c2nc(-c2ccc(-c4ccccc4)cc2)[nH]c3=O)c1. The highest BCUT2D eigenvalue weighted by Crippen LogP contribution is 2.48. The first-order valence-corrected chi connectivity index (χ1v) is 13.2. The van der Waals surface area contributed by atoms with Gasteiger partial charge in [-0.1, -0.05) is 72.3 Å². The van der Waals surface area contributed by atoms with Crippen LogP contribution in [0.15, 0.2) is 113 Å². The van der Waals surface area contributed by atoms with Crippen molar-refractivity contribution in [2.24, 2.45) is 4.99 Å². The van der Waals surface area contributed by atoms with Crippen molar-refractivity contribution in [3.05, 3.63) is 124 Å². The van der Waals surface area contributed by atoms with Crippen molar-refractivity contribution in [2.75, 3.05) is 6.61 Å². The Kier molecular flexibility index (Phi) is 6.59. The van der Waals surface area contributed by atoms with Crippen LogP contribution >= 0.6 is 11.6 Å². The van der Waals surface area contributed by atoms with Gasteiger partial charge in [0.05, 0.1) is 12.2 Å². The number of esters is 1. The molecule has 40 heavy (non-hydrogen) atoms. The highest BCUT2D eigenvalue weighted by atomic mass is 35.5. The Hall–Kier alpha value is -4.85. The van der Waals surface area contributed by atoms with Crippen LogP contribution in [0.25, 0.3) is 22.5 Å². The summed E-state index contributed by atoms with van der Waals surface area (Å²) in [6.45, 7) is 2.02. The van der Waals surface area contributed by atoms with Gasteiger partial charge in [-0.15, -0.1) is 0 Å². The molecule has 1 N–H and O–H groups in total. The number of aromatic amines is 1. The van der Waals surface area contributed by atoms with Gasteiger partial charge in [-0.05, 0) is 36.2 Å². The maximum absolute atomic E-state index is 13.3. The van der Waals surface area contributed by atoms with E-state index in [9.17, 15) is 9.59 Å². The lowest BCUT2D eigenvalue weighted by Gasteiger charge is -2.29. The van der Waals surface area contributed by atoms with Crippen LogP contribution in [-0.4, -0.2) is 28.9 Å². The Morgan fingerprint density at radius 1 is 0.850 bits per heavy atom. The number of carbonyl (C=O) groups excluding carboxylic acids is 1. The van der Waals surface area contributed by atoms with Crippen molar-refractivity contribution >= 4 is 46.8 Å². The molecule has 1 aliphatic rings. The smallest absolute Gasteiger partial charge is 0.338 e. The molecule has 1 unspecified atom stereocenters. The Bertz CT molecular complexity index is 1800. The number of nitrogens with one attached hydrogen (secondary N) is 1. The maximum atomic E-state index is 13.3. The van der Waals surface area contributed by atoms with Crippen molar-refractivity contribution in [3.63, 3.8) is 0 Å². The number of carbonyl (C=O) groups is 1. The number of benzene rings is 4. The Morgan fingerprint density at radius 2 is 1.55 bits per heavy atom. The number of H-pyrrole nitrogens is 1.